The van der Waals surface area contributed by atoms with Gasteiger partial charge in [-0.3, -0.25) is 4.79 Å². The molecule has 1 aliphatic heterocycles. The normalized spacial score (nSPS) is 16.7. The lowest BCUT2D eigenvalue weighted by Gasteiger charge is -2.33. The van der Waals surface area contributed by atoms with Gasteiger partial charge in [0.05, 0.1) is 12.5 Å². The van der Waals surface area contributed by atoms with Gasteiger partial charge in [-0.1, -0.05) is 37.3 Å². The van der Waals surface area contributed by atoms with E-state index in [1.807, 2.05) is 18.2 Å². The molecular weight excluding hydrogens is 238 g/mol. The maximum atomic E-state index is 12.0. The average Bonchev–Trinajstić information content (AvgIpc) is 2.39. The molecule has 0 unspecified atom stereocenters. The molecule has 1 aromatic rings. The van der Waals surface area contributed by atoms with E-state index in [0.29, 0.717) is 6.61 Å². The predicted octanol–water partition coefficient (Wildman–Crippen LogP) is 2.50. The SMILES string of the molecule is CC[C@@H](CN1CCC1)C(=O)OCCc1ccccc1. The van der Waals surface area contributed by atoms with Crippen molar-refractivity contribution < 1.29 is 9.53 Å². The van der Waals surface area contributed by atoms with Gasteiger partial charge in [0.2, 0.25) is 0 Å². The number of ether oxygens (including phenoxy) is 1. The van der Waals surface area contributed by atoms with E-state index in [9.17, 15) is 4.79 Å². The summed E-state index contributed by atoms with van der Waals surface area (Å²) in [5, 5.41) is 0. The molecule has 1 aromatic carbocycles. The lowest BCUT2D eigenvalue weighted by atomic mass is 10.0. The van der Waals surface area contributed by atoms with Crippen molar-refractivity contribution in [3.8, 4) is 0 Å². The summed E-state index contributed by atoms with van der Waals surface area (Å²) < 4.78 is 5.40. The van der Waals surface area contributed by atoms with Gasteiger partial charge in [0.25, 0.3) is 0 Å². The Labute approximate surface area is 115 Å². The summed E-state index contributed by atoms with van der Waals surface area (Å²) >= 11 is 0. The number of hydrogen-bond acceptors (Lipinski definition) is 3. The molecule has 0 N–H and O–H groups in total. The van der Waals surface area contributed by atoms with Crippen LogP contribution in [0.5, 0.6) is 0 Å². The van der Waals surface area contributed by atoms with Crippen LogP contribution in [0.15, 0.2) is 30.3 Å². The lowest BCUT2D eigenvalue weighted by Crippen LogP contribution is -2.42. The van der Waals surface area contributed by atoms with Gasteiger partial charge in [-0.25, -0.2) is 0 Å². The topological polar surface area (TPSA) is 29.5 Å². The van der Waals surface area contributed by atoms with Crippen molar-refractivity contribution in [3.63, 3.8) is 0 Å². The Morgan fingerprint density at radius 3 is 2.63 bits per heavy atom. The van der Waals surface area contributed by atoms with Crippen LogP contribution in [-0.2, 0) is 16.0 Å². The number of hydrogen-bond donors (Lipinski definition) is 0. The van der Waals surface area contributed by atoms with E-state index < -0.39 is 0 Å². The highest BCUT2D eigenvalue weighted by atomic mass is 16.5. The van der Waals surface area contributed by atoms with E-state index in [0.717, 1.165) is 32.5 Å². The molecule has 1 atom stereocenters. The highest BCUT2D eigenvalue weighted by Gasteiger charge is 2.24. The second kappa shape index (κ2) is 7.29. The van der Waals surface area contributed by atoms with E-state index in [1.54, 1.807) is 0 Å². The molecule has 104 valence electrons. The first-order valence-corrected chi connectivity index (χ1v) is 7.22. The minimum Gasteiger partial charge on any atom is -0.465 e. The molecule has 19 heavy (non-hydrogen) atoms. The molecule has 2 rings (SSSR count). The first-order valence-electron chi connectivity index (χ1n) is 7.22. The third-order valence-corrected chi connectivity index (χ3v) is 3.73. The molecule has 3 heteroatoms. The second-order valence-electron chi connectivity index (χ2n) is 5.16. The molecule has 1 fully saturated rings. The molecule has 1 heterocycles. The van der Waals surface area contributed by atoms with Gasteiger partial charge >= 0.3 is 5.97 Å². The number of esters is 1. The maximum Gasteiger partial charge on any atom is 0.310 e. The minimum atomic E-state index is -0.0367. The van der Waals surface area contributed by atoms with Crippen molar-refractivity contribution in [2.75, 3.05) is 26.2 Å². The van der Waals surface area contributed by atoms with Crippen molar-refractivity contribution in [1.82, 2.24) is 4.90 Å². The summed E-state index contributed by atoms with van der Waals surface area (Å²) in [5.74, 6) is 0.00130. The van der Waals surface area contributed by atoms with E-state index in [-0.39, 0.29) is 11.9 Å². The molecule has 1 saturated heterocycles. The molecule has 3 nitrogen and oxygen atoms in total. The molecule has 0 amide bonds. The van der Waals surface area contributed by atoms with Crippen LogP contribution >= 0.6 is 0 Å². The van der Waals surface area contributed by atoms with Crippen LogP contribution < -0.4 is 0 Å². The van der Waals surface area contributed by atoms with Gasteiger partial charge in [0.1, 0.15) is 0 Å². The van der Waals surface area contributed by atoms with Crippen LogP contribution in [0.4, 0.5) is 0 Å². The fourth-order valence-corrected chi connectivity index (χ4v) is 2.28. The zero-order valence-electron chi connectivity index (χ0n) is 11.7. The third-order valence-electron chi connectivity index (χ3n) is 3.73. The Morgan fingerprint density at radius 2 is 2.05 bits per heavy atom. The summed E-state index contributed by atoms with van der Waals surface area (Å²) in [4.78, 5) is 14.3. The van der Waals surface area contributed by atoms with E-state index in [4.69, 9.17) is 4.74 Å². The minimum absolute atomic E-state index is 0.0367. The fourth-order valence-electron chi connectivity index (χ4n) is 2.28. The largest absolute Gasteiger partial charge is 0.465 e. The molecule has 0 aromatic heterocycles. The number of rotatable bonds is 7. The van der Waals surface area contributed by atoms with Crippen molar-refractivity contribution in [2.45, 2.75) is 26.2 Å². The molecule has 0 bridgehead atoms. The van der Waals surface area contributed by atoms with E-state index >= 15 is 0 Å². The smallest absolute Gasteiger partial charge is 0.310 e. The van der Waals surface area contributed by atoms with Crippen molar-refractivity contribution in [2.24, 2.45) is 5.92 Å². The Kier molecular flexibility index (Phi) is 5.40. The van der Waals surface area contributed by atoms with Gasteiger partial charge in [-0.2, -0.15) is 0 Å². The standard InChI is InChI=1S/C16H23NO2/c1-2-15(13-17-10-6-11-17)16(18)19-12-9-14-7-4-3-5-8-14/h3-5,7-8,15H,2,6,9-13H2,1H3/t15-/m0/s1. The number of nitrogens with zero attached hydrogens (tertiary/aromatic N) is 1. The number of likely N-dealkylation sites (tertiary alicyclic amines) is 1. The lowest BCUT2D eigenvalue weighted by molar-refractivity contribution is -0.149. The Morgan fingerprint density at radius 1 is 1.32 bits per heavy atom. The van der Waals surface area contributed by atoms with Gasteiger partial charge in [-0.05, 0) is 31.5 Å². The number of carbonyl (C=O) groups is 1. The Balaban J connectivity index is 1.70. The van der Waals surface area contributed by atoms with Crippen LogP contribution in [0, 0.1) is 5.92 Å². The maximum absolute atomic E-state index is 12.0. The van der Waals surface area contributed by atoms with Crippen molar-refractivity contribution in [1.29, 1.82) is 0 Å². The molecule has 0 radical (unpaired) electrons. The zero-order valence-corrected chi connectivity index (χ0v) is 11.7. The second-order valence-corrected chi connectivity index (χ2v) is 5.16. The van der Waals surface area contributed by atoms with Gasteiger partial charge in [0.15, 0.2) is 0 Å². The summed E-state index contributed by atoms with van der Waals surface area (Å²) in [7, 11) is 0. The monoisotopic (exact) mass is 261 g/mol. The van der Waals surface area contributed by atoms with Crippen LogP contribution in [0.1, 0.15) is 25.3 Å². The average molecular weight is 261 g/mol. The summed E-state index contributed by atoms with van der Waals surface area (Å²) in [6.07, 6.45) is 2.92. The van der Waals surface area contributed by atoms with Crippen molar-refractivity contribution >= 4 is 5.97 Å². The Hall–Kier alpha value is -1.35. The first kappa shape index (κ1) is 14.1. The highest BCUT2D eigenvalue weighted by Crippen LogP contribution is 2.14. The van der Waals surface area contributed by atoms with Crippen molar-refractivity contribution in [3.05, 3.63) is 35.9 Å². The first-order chi connectivity index (χ1) is 9.29. The number of benzene rings is 1. The van der Waals surface area contributed by atoms with Gasteiger partial charge < -0.3 is 9.64 Å². The van der Waals surface area contributed by atoms with Crippen LogP contribution in [0.2, 0.25) is 0 Å². The summed E-state index contributed by atoms with van der Waals surface area (Å²) in [6, 6.07) is 10.1. The van der Waals surface area contributed by atoms with Crippen LogP contribution in [0.3, 0.4) is 0 Å². The summed E-state index contributed by atoms with van der Waals surface area (Å²) in [5.41, 5.74) is 1.21. The van der Waals surface area contributed by atoms with E-state index in [1.165, 1.54) is 12.0 Å². The third kappa shape index (κ3) is 4.35. The zero-order chi connectivity index (χ0) is 13.5. The number of carbonyl (C=O) groups excluding carboxylic acids is 1. The molecule has 0 saturated carbocycles. The highest BCUT2D eigenvalue weighted by molar-refractivity contribution is 5.72. The van der Waals surface area contributed by atoms with Crippen LogP contribution in [0.25, 0.3) is 0 Å². The summed E-state index contributed by atoms with van der Waals surface area (Å²) in [6.45, 7) is 5.67. The fraction of sp³-hybridized carbons (Fsp3) is 0.562. The molecule has 0 spiro atoms. The predicted molar refractivity (Wildman–Crippen MR) is 75.9 cm³/mol. The molecule has 1 aliphatic rings. The Bertz CT molecular complexity index is 387. The van der Waals surface area contributed by atoms with E-state index in [2.05, 4.69) is 24.0 Å². The van der Waals surface area contributed by atoms with Gasteiger partial charge in [0, 0.05) is 13.0 Å². The van der Waals surface area contributed by atoms with Crippen LogP contribution in [-0.4, -0.2) is 37.1 Å². The van der Waals surface area contributed by atoms with Gasteiger partial charge in [-0.15, -0.1) is 0 Å². The molecular formula is C16H23NO2. The quantitative estimate of drug-likeness (QED) is 0.706. The molecule has 0 aliphatic carbocycles.